The van der Waals surface area contributed by atoms with E-state index in [1.807, 2.05) is 19.1 Å². The van der Waals surface area contributed by atoms with Gasteiger partial charge in [-0.3, -0.25) is 4.79 Å². The number of aryl methyl sites for hydroxylation is 2. The molecule has 0 saturated heterocycles. The van der Waals surface area contributed by atoms with Gasteiger partial charge in [-0.05, 0) is 59.0 Å². The lowest BCUT2D eigenvalue weighted by molar-refractivity contribution is -0.946. The van der Waals surface area contributed by atoms with Crippen molar-refractivity contribution in [2.24, 2.45) is 0 Å². The van der Waals surface area contributed by atoms with Gasteiger partial charge >= 0.3 is 0 Å². The number of quaternary nitrogens is 1. The fraction of sp³-hybridized carbons (Fsp3) is 0.545. The van der Waals surface area contributed by atoms with Crippen molar-refractivity contribution in [2.45, 2.75) is 52.7 Å². The van der Waals surface area contributed by atoms with E-state index in [0.29, 0.717) is 32.7 Å². The first-order chi connectivity index (χ1) is 15.0. The number of aliphatic hydroxyl groups is 1. The van der Waals surface area contributed by atoms with Gasteiger partial charge in [-0.1, -0.05) is 6.92 Å². The van der Waals surface area contributed by atoms with Gasteiger partial charge in [0.25, 0.3) is 5.56 Å². The number of pyridine rings is 1. The molecule has 168 valence electrons. The Morgan fingerprint density at radius 1 is 1.26 bits per heavy atom. The third-order valence-electron chi connectivity index (χ3n) is 5.89. The second kappa shape index (κ2) is 10.6. The van der Waals surface area contributed by atoms with E-state index in [2.05, 4.69) is 40.4 Å². The highest BCUT2D eigenvalue weighted by Crippen LogP contribution is 2.17. The molecule has 0 amide bonds. The number of ether oxygens (including phenoxy) is 1. The van der Waals surface area contributed by atoms with Crippen LogP contribution in [0.1, 0.15) is 48.3 Å². The van der Waals surface area contributed by atoms with Crippen molar-refractivity contribution in [1.29, 1.82) is 0 Å². The average Bonchev–Trinajstić information content (AvgIpc) is 3.21. The van der Waals surface area contributed by atoms with Gasteiger partial charge in [-0.15, -0.1) is 5.10 Å². The van der Waals surface area contributed by atoms with Crippen molar-refractivity contribution in [3.8, 4) is 0 Å². The minimum absolute atomic E-state index is 0.00624. The summed E-state index contributed by atoms with van der Waals surface area (Å²) in [5.74, 6) is 0.774. The molecule has 0 saturated carbocycles. The number of aliphatic hydroxyl groups excluding tert-OH is 1. The Balaban J connectivity index is 1.95. The number of rotatable bonds is 11. The molecule has 2 heterocycles. The molecule has 0 aliphatic rings. The Hall–Kier alpha value is -2.62. The van der Waals surface area contributed by atoms with Crippen LogP contribution in [0.5, 0.6) is 0 Å². The van der Waals surface area contributed by atoms with Crippen LogP contribution < -0.4 is 10.5 Å². The molecule has 2 aromatic heterocycles. The maximum atomic E-state index is 12.9. The fourth-order valence-electron chi connectivity index (χ4n) is 4.04. The number of methoxy groups -OCH3 is 1. The number of nitrogens with zero attached hydrogens (tertiary/aromatic N) is 4. The SMILES string of the molecule is CC[C@@H](c1nnnn1CCOC)[NH+](CCCO)Cc1cc2cc(C)c(C)cc2[nH]c1=O. The van der Waals surface area contributed by atoms with Crippen LogP contribution in [0.4, 0.5) is 0 Å². The largest absolute Gasteiger partial charge is 0.396 e. The molecule has 1 unspecified atom stereocenters. The van der Waals surface area contributed by atoms with E-state index in [1.54, 1.807) is 11.8 Å². The fourth-order valence-corrected chi connectivity index (χ4v) is 4.04. The van der Waals surface area contributed by atoms with E-state index in [0.717, 1.165) is 39.2 Å². The summed E-state index contributed by atoms with van der Waals surface area (Å²) in [5, 5.41) is 22.7. The van der Waals surface area contributed by atoms with Crippen molar-refractivity contribution in [3.05, 3.63) is 51.1 Å². The summed E-state index contributed by atoms with van der Waals surface area (Å²) >= 11 is 0. The second-order valence-corrected chi connectivity index (χ2v) is 8.02. The molecule has 9 nitrogen and oxygen atoms in total. The first-order valence-corrected chi connectivity index (χ1v) is 10.8. The van der Waals surface area contributed by atoms with Crippen LogP contribution in [0, 0.1) is 13.8 Å². The number of fused-ring (bicyclic) bond motifs is 1. The lowest BCUT2D eigenvalue weighted by Gasteiger charge is -2.27. The molecule has 0 spiro atoms. The summed E-state index contributed by atoms with van der Waals surface area (Å²) in [7, 11) is 1.65. The van der Waals surface area contributed by atoms with Crippen LogP contribution in [-0.4, -0.2) is 57.2 Å². The summed E-state index contributed by atoms with van der Waals surface area (Å²) in [6.07, 6.45) is 1.44. The van der Waals surface area contributed by atoms with Gasteiger partial charge in [-0.2, -0.15) is 0 Å². The van der Waals surface area contributed by atoms with Crippen LogP contribution >= 0.6 is 0 Å². The van der Waals surface area contributed by atoms with E-state index in [1.165, 1.54) is 5.56 Å². The van der Waals surface area contributed by atoms with Gasteiger partial charge in [-0.25, -0.2) is 4.68 Å². The predicted molar refractivity (Wildman–Crippen MR) is 118 cm³/mol. The number of H-pyrrole nitrogens is 1. The van der Waals surface area contributed by atoms with Gasteiger partial charge < -0.3 is 19.7 Å². The number of aromatic amines is 1. The standard InChI is InChI=1S/C22H32N6O3/c1-5-20(21-24-25-26-28(21)8-10-31-4)27(7-6-9-29)14-18-13-17-11-15(2)16(3)12-19(17)23-22(18)30/h11-13,20,29H,5-10,14H2,1-4H3,(H,23,30)/p+1/t20-/m0/s1. The number of tetrazole rings is 1. The number of hydrogen-bond acceptors (Lipinski definition) is 6. The van der Waals surface area contributed by atoms with Gasteiger partial charge in [0.1, 0.15) is 12.6 Å². The number of benzene rings is 1. The van der Waals surface area contributed by atoms with Crippen molar-refractivity contribution in [1.82, 2.24) is 25.2 Å². The third kappa shape index (κ3) is 5.36. The molecule has 0 fully saturated rings. The zero-order valence-electron chi connectivity index (χ0n) is 18.8. The van der Waals surface area contributed by atoms with Crippen LogP contribution in [0.15, 0.2) is 23.0 Å². The molecule has 1 aromatic carbocycles. The highest BCUT2D eigenvalue weighted by atomic mass is 16.5. The minimum Gasteiger partial charge on any atom is -0.396 e. The predicted octanol–water partition coefficient (Wildman–Crippen LogP) is 0.696. The molecule has 3 aromatic rings. The van der Waals surface area contributed by atoms with Crippen molar-refractivity contribution in [3.63, 3.8) is 0 Å². The quantitative estimate of drug-likeness (QED) is 0.414. The van der Waals surface area contributed by atoms with Gasteiger partial charge in [0.05, 0.1) is 25.3 Å². The summed E-state index contributed by atoms with van der Waals surface area (Å²) in [6.45, 7) is 8.62. The Morgan fingerprint density at radius 2 is 2.03 bits per heavy atom. The van der Waals surface area contributed by atoms with Crippen LogP contribution in [0.2, 0.25) is 0 Å². The van der Waals surface area contributed by atoms with Crippen molar-refractivity contribution in [2.75, 3.05) is 26.9 Å². The number of hydrogen-bond donors (Lipinski definition) is 3. The monoisotopic (exact) mass is 429 g/mol. The van der Waals surface area contributed by atoms with E-state index >= 15 is 0 Å². The van der Waals surface area contributed by atoms with Gasteiger partial charge in [0, 0.05) is 32.1 Å². The van der Waals surface area contributed by atoms with E-state index in [-0.39, 0.29) is 18.2 Å². The summed E-state index contributed by atoms with van der Waals surface area (Å²) in [6, 6.07) is 6.11. The zero-order chi connectivity index (χ0) is 22.4. The molecule has 31 heavy (non-hydrogen) atoms. The van der Waals surface area contributed by atoms with E-state index in [4.69, 9.17) is 4.74 Å². The highest BCUT2D eigenvalue weighted by molar-refractivity contribution is 5.80. The van der Waals surface area contributed by atoms with Crippen LogP contribution in [0.25, 0.3) is 10.9 Å². The van der Waals surface area contributed by atoms with Gasteiger partial charge in [0.2, 0.25) is 5.82 Å². The van der Waals surface area contributed by atoms with Crippen LogP contribution in [0.3, 0.4) is 0 Å². The Kier molecular flexibility index (Phi) is 7.89. The topological polar surface area (TPSA) is 110 Å². The third-order valence-corrected chi connectivity index (χ3v) is 5.89. The lowest BCUT2D eigenvalue weighted by atomic mass is 10.0. The van der Waals surface area contributed by atoms with Gasteiger partial charge in [0.15, 0.2) is 0 Å². The normalized spacial score (nSPS) is 13.6. The summed E-state index contributed by atoms with van der Waals surface area (Å²) < 4.78 is 6.95. The average molecular weight is 430 g/mol. The molecule has 2 atom stereocenters. The molecule has 3 N–H and O–H groups in total. The maximum Gasteiger partial charge on any atom is 0.257 e. The summed E-state index contributed by atoms with van der Waals surface area (Å²) in [4.78, 5) is 17.1. The molecule has 0 aliphatic heterocycles. The second-order valence-electron chi connectivity index (χ2n) is 8.02. The Morgan fingerprint density at radius 3 is 2.74 bits per heavy atom. The number of aromatic nitrogens is 5. The molecular weight excluding hydrogens is 396 g/mol. The van der Waals surface area contributed by atoms with Crippen molar-refractivity contribution < 1.29 is 14.7 Å². The molecule has 3 rings (SSSR count). The maximum absolute atomic E-state index is 12.9. The number of nitrogens with one attached hydrogen (secondary N) is 2. The van der Waals surface area contributed by atoms with E-state index in [9.17, 15) is 9.90 Å². The molecule has 0 radical (unpaired) electrons. The first-order valence-electron chi connectivity index (χ1n) is 10.8. The molecule has 0 aliphatic carbocycles. The molecule has 0 bridgehead atoms. The summed E-state index contributed by atoms with van der Waals surface area (Å²) in [5.41, 5.74) is 3.84. The Labute approximate surface area is 182 Å². The molecular formula is C22H33N6O3+. The molecule has 9 heteroatoms. The minimum atomic E-state index is -0.0777. The first kappa shape index (κ1) is 23.1. The van der Waals surface area contributed by atoms with Crippen LogP contribution in [-0.2, 0) is 17.8 Å². The smallest absolute Gasteiger partial charge is 0.257 e. The zero-order valence-corrected chi connectivity index (χ0v) is 18.8. The van der Waals surface area contributed by atoms with Crippen molar-refractivity contribution >= 4 is 10.9 Å². The lowest BCUT2D eigenvalue weighted by Crippen LogP contribution is -3.11. The highest BCUT2D eigenvalue weighted by Gasteiger charge is 2.29. The van der Waals surface area contributed by atoms with E-state index < -0.39 is 0 Å². The Bertz CT molecular complexity index is 1060.